The van der Waals surface area contributed by atoms with Crippen LogP contribution in [0.25, 0.3) is 21.5 Å². The SMILES string of the molecule is COc1cc(CCN2CCN(CC(O)COc3ccccc3-c3n[nH]c4ccsc34)CC2)cc(OC)c1OC. The van der Waals surface area contributed by atoms with E-state index in [0.29, 0.717) is 23.8 Å². The molecule has 39 heavy (non-hydrogen) atoms. The van der Waals surface area contributed by atoms with Crippen LogP contribution in [-0.2, 0) is 6.42 Å². The average Bonchev–Trinajstić information content (AvgIpc) is 3.60. The van der Waals surface area contributed by atoms with Crippen LogP contribution < -0.4 is 18.9 Å². The van der Waals surface area contributed by atoms with Gasteiger partial charge in [-0.2, -0.15) is 5.10 Å². The van der Waals surface area contributed by atoms with Gasteiger partial charge in [0.15, 0.2) is 11.5 Å². The van der Waals surface area contributed by atoms with E-state index >= 15 is 0 Å². The topological polar surface area (TPSA) is 92.3 Å². The predicted molar refractivity (Wildman–Crippen MR) is 154 cm³/mol. The summed E-state index contributed by atoms with van der Waals surface area (Å²) in [6.45, 7) is 5.49. The average molecular weight is 553 g/mol. The molecule has 1 unspecified atom stereocenters. The fourth-order valence-electron chi connectivity index (χ4n) is 5.02. The van der Waals surface area contributed by atoms with Gasteiger partial charge in [0.2, 0.25) is 5.75 Å². The van der Waals surface area contributed by atoms with Crippen molar-refractivity contribution in [1.29, 1.82) is 0 Å². The highest BCUT2D eigenvalue weighted by molar-refractivity contribution is 7.17. The molecule has 2 aromatic heterocycles. The van der Waals surface area contributed by atoms with Crippen LogP contribution in [-0.4, -0.2) is 98.4 Å². The molecule has 0 saturated carbocycles. The molecule has 9 nitrogen and oxygen atoms in total. The summed E-state index contributed by atoms with van der Waals surface area (Å²) in [7, 11) is 4.89. The molecule has 10 heteroatoms. The smallest absolute Gasteiger partial charge is 0.203 e. The summed E-state index contributed by atoms with van der Waals surface area (Å²) in [6.07, 6.45) is 0.310. The van der Waals surface area contributed by atoms with Gasteiger partial charge in [0, 0.05) is 44.8 Å². The third-order valence-electron chi connectivity index (χ3n) is 7.12. The molecular formula is C29H36N4O5S. The fourth-order valence-corrected chi connectivity index (χ4v) is 5.87. The van der Waals surface area contributed by atoms with Gasteiger partial charge < -0.3 is 29.0 Å². The van der Waals surface area contributed by atoms with E-state index in [1.165, 1.54) is 0 Å². The maximum Gasteiger partial charge on any atom is 0.203 e. The summed E-state index contributed by atoms with van der Waals surface area (Å²) < 4.78 is 23.6. The first-order valence-electron chi connectivity index (χ1n) is 13.1. The largest absolute Gasteiger partial charge is 0.493 e. The lowest BCUT2D eigenvalue weighted by Gasteiger charge is -2.35. The second-order valence-corrected chi connectivity index (χ2v) is 10.5. The number of benzene rings is 2. The summed E-state index contributed by atoms with van der Waals surface area (Å²) in [5.41, 5.74) is 3.98. The van der Waals surface area contributed by atoms with Crippen LogP contribution in [0.5, 0.6) is 23.0 Å². The number of piperazine rings is 1. The standard InChI is InChI=1S/C29H36N4O5S/c1-35-25-16-20(17-26(36-2)28(25)37-3)8-10-32-11-13-33(14-12-32)18-21(34)19-38-24-7-5-4-6-22(24)27-29-23(30-31-27)9-15-39-29/h4-7,9,15-17,21,34H,8,10-14,18-19H2,1-3H3,(H,30,31). The van der Waals surface area contributed by atoms with Crippen molar-refractivity contribution in [2.45, 2.75) is 12.5 Å². The van der Waals surface area contributed by atoms with Gasteiger partial charge in [-0.25, -0.2) is 0 Å². The van der Waals surface area contributed by atoms with E-state index in [9.17, 15) is 5.11 Å². The number of nitrogens with zero attached hydrogens (tertiary/aromatic N) is 3. The highest BCUT2D eigenvalue weighted by Gasteiger charge is 2.21. The molecular weight excluding hydrogens is 516 g/mol. The van der Waals surface area contributed by atoms with E-state index in [1.807, 2.05) is 47.8 Å². The number of fused-ring (bicyclic) bond motifs is 1. The number of nitrogens with one attached hydrogen (secondary N) is 1. The lowest BCUT2D eigenvalue weighted by atomic mass is 10.1. The van der Waals surface area contributed by atoms with Crippen molar-refractivity contribution in [3.8, 4) is 34.3 Å². The minimum atomic E-state index is -0.579. The summed E-state index contributed by atoms with van der Waals surface area (Å²) in [5, 5.41) is 20.4. The zero-order valence-corrected chi connectivity index (χ0v) is 23.5. The van der Waals surface area contributed by atoms with Gasteiger partial charge in [0.05, 0.1) is 31.5 Å². The van der Waals surface area contributed by atoms with Gasteiger partial charge in [-0.1, -0.05) is 12.1 Å². The van der Waals surface area contributed by atoms with Crippen molar-refractivity contribution in [3.63, 3.8) is 0 Å². The number of aliphatic hydroxyl groups excluding tert-OH is 1. The number of β-amino-alcohol motifs (C(OH)–C–C–N with tert-alkyl or cyclic N) is 1. The van der Waals surface area contributed by atoms with Crippen molar-refractivity contribution in [1.82, 2.24) is 20.0 Å². The van der Waals surface area contributed by atoms with Gasteiger partial charge in [0.25, 0.3) is 0 Å². The number of hydrogen-bond acceptors (Lipinski definition) is 9. The molecule has 1 fully saturated rings. The number of aromatic amines is 1. The summed E-state index contributed by atoms with van der Waals surface area (Å²) >= 11 is 1.65. The van der Waals surface area contributed by atoms with Crippen LogP contribution in [0.2, 0.25) is 0 Å². The molecule has 2 aromatic carbocycles. The molecule has 3 heterocycles. The Hall–Kier alpha value is -3.31. The molecule has 0 radical (unpaired) electrons. The minimum absolute atomic E-state index is 0.233. The quantitative estimate of drug-likeness (QED) is 0.273. The zero-order valence-electron chi connectivity index (χ0n) is 22.7. The second kappa shape index (κ2) is 12.7. The van der Waals surface area contributed by atoms with Crippen LogP contribution >= 0.6 is 11.3 Å². The molecule has 208 valence electrons. The number of H-pyrrole nitrogens is 1. The highest BCUT2D eigenvalue weighted by atomic mass is 32.1. The van der Waals surface area contributed by atoms with Crippen molar-refractivity contribution in [2.75, 3.05) is 67.2 Å². The summed E-state index contributed by atoms with van der Waals surface area (Å²) in [4.78, 5) is 4.76. The van der Waals surface area contributed by atoms with E-state index in [1.54, 1.807) is 32.7 Å². The third kappa shape index (κ3) is 6.30. The Morgan fingerprint density at radius 1 is 0.949 bits per heavy atom. The van der Waals surface area contributed by atoms with Crippen LogP contribution in [0, 0.1) is 0 Å². The molecule has 1 atom stereocenters. The lowest BCUT2D eigenvalue weighted by Crippen LogP contribution is -2.49. The lowest BCUT2D eigenvalue weighted by molar-refractivity contribution is 0.0464. The Kier molecular flexibility index (Phi) is 8.88. The van der Waals surface area contributed by atoms with Crippen LogP contribution in [0.15, 0.2) is 47.8 Å². The predicted octanol–water partition coefficient (Wildman–Crippen LogP) is 3.92. The number of aromatic nitrogens is 2. The molecule has 5 rings (SSSR count). The Labute approximate surface area is 232 Å². The van der Waals surface area contributed by atoms with E-state index in [2.05, 4.69) is 20.0 Å². The summed E-state index contributed by atoms with van der Waals surface area (Å²) in [5.74, 6) is 2.71. The maximum atomic E-state index is 10.7. The fraction of sp³-hybridized carbons (Fsp3) is 0.414. The number of ether oxygens (including phenoxy) is 4. The molecule has 0 aliphatic carbocycles. The number of aliphatic hydroxyl groups is 1. The zero-order chi connectivity index (χ0) is 27.2. The van der Waals surface area contributed by atoms with Crippen LogP contribution in [0.4, 0.5) is 0 Å². The van der Waals surface area contributed by atoms with Crippen LogP contribution in [0.3, 0.4) is 0 Å². The Bertz CT molecular complexity index is 1340. The molecule has 1 saturated heterocycles. The van der Waals surface area contributed by atoms with Crippen molar-refractivity contribution < 1.29 is 24.1 Å². The van der Waals surface area contributed by atoms with E-state index in [-0.39, 0.29) is 6.61 Å². The van der Waals surface area contributed by atoms with Gasteiger partial charge in [0.1, 0.15) is 24.2 Å². The number of para-hydroxylation sites is 1. The molecule has 2 N–H and O–H groups in total. The first kappa shape index (κ1) is 27.3. The van der Waals surface area contributed by atoms with Gasteiger partial charge in [-0.3, -0.25) is 10.00 Å². The van der Waals surface area contributed by atoms with Gasteiger partial charge in [-0.05, 0) is 47.7 Å². The van der Waals surface area contributed by atoms with Crippen LogP contribution in [0.1, 0.15) is 5.56 Å². The molecule has 0 spiro atoms. The molecule has 1 aliphatic rings. The Balaban J connectivity index is 1.09. The molecule has 4 aromatic rings. The summed E-state index contributed by atoms with van der Waals surface area (Å²) in [6, 6.07) is 13.9. The van der Waals surface area contributed by atoms with Crippen molar-refractivity contribution in [3.05, 3.63) is 53.4 Å². The van der Waals surface area contributed by atoms with E-state index < -0.39 is 6.10 Å². The molecule has 0 amide bonds. The van der Waals surface area contributed by atoms with E-state index in [4.69, 9.17) is 18.9 Å². The number of rotatable bonds is 12. The monoisotopic (exact) mass is 552 g/mol. The van der Waals surface area contributed by atoms with Gasteiger partial charge >= 0.3 is 0 Å². The van der Waals surface area contributed by atoms with Crippen molar-refractivity contribution >= 4 is 21.6 Å². The highest BCUT2D eigenvalue weighted by Crippen LogP contribution is 2.38. The molecule has 1 aliphatic heterocycles. The maximum absolute atomic E-state index is 10.7. The van der Waals surface area contributed by atoms with E-state index in [0.717, 1.165) is 71.9 Å². The normalized spacial score (nSPS) is 15.4. The number of methoxy groups -OCH3 is 3. The van der Waals surface area contributed by atoms with Gasteiger partial charge in [-0.15, -0.1) is 11.3 Å². The number of thiophene rings is 1. The first-order valence-corrected chi connectivity index (χ1v) is 14.0. The minimum Gasteiger partial charge on any atom is -0.493 e. The molecule has 0 bridgehead atoms. The first-order chi connectivity index (χ1) is 19.1. The number of hydrogen-bond donors (Lipinski definition) is 2. The Morgan fingerprint density at radius 3 is 2.38 bits per heavy atom. The van der Waals surface area contributed by atoms with Crippen molar-refractivity contribution in [2.24, 2.45) is 0 Å². The Morgan fingerprint density at radius 2 is 1.67 bits per heavy atom. The third-order valence-corrected chi connectivity index (χ3v) is 8.04. The second-order valence-electron chi connectivity index (χ2n) is 9.62.